The molecule has 0 aliphatic heterocycles. The van der Waals surface area contributed by atoms with Gasteiger partial charge in [-0.15, -0.1) is 23.1 Å². The van der Waals surface area contributed by atoms with Gasteiger partial charge in [0.2, 0.25) is 0 Å². The summed E-state index contributed by atoms with van der Waals surface area (Å²) in [5.41, 5.74) is 0.925. The molecule has 0 atom stereocenters. The number of carbonyl (C=O) groups is 1. The Hall–Kier alpha value is -1.23. The lowest BCUT2D eigenvalue weighted by molar-refractivity contribution is -0.131. The first-order valence-electron chi connectivity index (χ1n) is 5.50. The molecular weight excluding hydrogens is 300 g/mol. The predicted molar refractivity (Wildman–Crippen MR) is 82.0 cm³/mol. The van der Waals surface area contributed by atoms with E-state index in [1.54, 1.807) is 29.2 Å². The van der Waals surface area contributed by atoms with Crippen molar-refractivity contribution in [3.05, 3.63) is 57.3 Å². The minimum atomic E-state index is -0.930. The van der Waals surface area contributed by atoms with Crippen LogP contribution in [0.3, 0.4) is 0 Å². The van der Waals surface area contributed by atoms with Crippen LogP contribution in [0.2, 0.25) is 5.02 Å². The van der Waals surface area contributed by atoms with Crippen molar-refractivity contribution in [1.82, 2.24) is 0 Å². The van der Waals surface area contributed by atoms with Crippen molar-refractivity contribution in [2.24, 2.45) is 0 Å². The number of carboxylic acids is 1. The van der Waals surface area contributed by atoms with Crippen molar-refractivity contribution in [2.45, 2.75) is 10.6 Å². The lowest BCUT2D eigenvalue weighted by Crippen LogP contribution is -1.84. The quantitative estimate of drug-likeness (QED) is 0.637. The summed E-state index contributed by atoms with van der Waals surface area (Å²) in [6.07, 6.45) is 2.75. The Morgan fingerprint density at radius 2 is 2.26 bits per heavy atom. The molecule has 2 nitrogen and oxygen atoms in total. The van der Waals surface area contributed by atoms with Crippen LogP contribution in [-0.2, 0) is 10.5 Å². The summed E-state index contributed by atoms with van der Waals surface area (Å²) in [5, 5.41) is 11.2. The van der Waals surface area contributed by atoms with Crippen molar-refractivity contribution in [3.63, 3.8) is 0 Å². The molecule has 0 unspecified atom stereocenters. The molecule has 0 amide bonds. The fourth-order valence-electron chi connectivity index (χ4n) is 1.44. The third-order valence-electron chi connectivity index (χ3n) is 2.27. The maximum Gasteiger partial charge on any atom is 0.328 e. The Labute approximate surface area is 124 Å². The SMILES string of the molecule is O=C(O)/C=C/c1csc(CSc2cccc(Cl)c2)c1. The molecule has 0 saturated heterocycles. The van der Waals surface area contributed by atoms with Gasteiger partial charge in [0.05, 0.1) is 0 Å². The fourth-order valence-corrected chi connectivity index (χ4v) is 3.56. The molecule has 0 spiro atoms. The number of carboxylic acid groups (broad SMARTS) is 1. The Morgan fingerprint density at radius 3 is 3.00 bits per heavy atom. The zero-order valence-corrected chi connectivity index (χ0v) is 12.3. The zero-order chi connectivity index (χ0) is 13.7. The summed E-state index contributed by atoms with van der Waals surface area (Å²) in [7, 11) is 0. The van der Waals surface area contributed by atoms with Gasteiger partial charge in [-0.25, -0.2) is 4.79 Å². The van der Waals surface area contributed by atoms with E-state index in [9.17, 15) is 4.79 Å². The highest BCUT2D eigenvalue weighted by molar-refractivity contribution is 7.98. The van der Waals surface area contributed by atoms with Gasteiger partial charge in [0.25, 0.3) is 0 Å². The zero-order valence-electron chi connectivity index (χ0n) is 9.88. The maximum atomic E-state index is 10.4. The van der Waals surface area contributed by atoms with E-state index in [4.69, 9.17) is 16.7 Å². The summed E-state index contributed by atoms with van der Waals surface area (Å²) in [5.74, 6) is -0.0765. The molecule has 1 aromatic carbocycles. The van der Waals surface area contributed by atoms with Crippen LogP contribution in [0.25, 0.3) is 6.08 Å². The molecule has 1 heterocycles. The number of thioether (sulfide) groups is 1. The van der Waals surface area contributed by atoms with Crippen molar-refractivity contribution in [3.8, 4) is 0 Å². The van der Waals surface area contributed by atoms with Gasteiger partial charge < -0.3 is 5.11 Å². The Kier molecular flexibility index (Phi) is 5.07. The van der Waals surface area contributed by atoms with E-state index in [0.717, 1.165) is 27.3 Å². The minimum absolute atomic E-state index is 0.737. The Bertz CT molecular complexity index is 605. The second kappa shape index (κ2) is 6.80. The van der Waals surface area contributed by atoms with E-state index < -0.39 is 5.97 Å². The van der Waals surface area contributed by atoms with Gasteiger partial charge >= 0.3 is 5.97 Å². The second-order valence-corrected chi connectivity index (χ2v) is 6.24. The van der Waals surface area contributed by atoms with Crippen molar-refractivity contribution >= 4 is 46.7 Å². The molecule has 0 fully saturated rings. The minimum Gasteiger partial charge on any atom is -0.478 e. The summed E-state index contributed by atoms with van der Waals surface area (Å²) in [4.78, 5) is 12.8. The molecule has 0 radical (unpaired) electrons. The first-order valence-corrected chi connectivity index (χ1v) is 7.74. The first-order chi connectivity index (χ1) is 9.13. The normalized spacial score (nSPS) is 11.0. The number of thiophene rings is 1. The van der Waals surface area contributed by atoms with Gasteiger partial charge in [0.1, 0.15) is 0 Å². The van der Waals surface area contributed by atoms with E-state index in [-0.39, 0.29) is 0 Å². The Morgan fingerprint density at radius 1 is 1.42 bits per heavy atom. The van der Waals surface area contributed by atoms with Crippen LogP contribution in [0, 0.1) is 0 Å². The van der Waals surface area contributed by atoms with E-state index in [0.29, 0.717) is 0 Å². The van der Waals surface area contributed by atoms with Crippen LogP contribution in [-0.4, -0.2) is 11.1 Å². The average Bonchev–Trinajstić information content (AvgIpc) is 2.82. The molecule has 0 aliphatic rings. The largest absolute Gasteiger partial charge is 0.478 e. The molecule has 2 aromatic rings. The number of rotatable bonds is 5. The Balaban J connectivity index is 1.95. The summed E-state index contributed by atoms with van der Waals surface area (Å²) in [6.45, 7) is 0. The third-order valence-corrected chi connectivity index (χ3v) is 4.68. The van der Waals surface area contributed by atoms with Crippen LogP contribution in [0.1, 0.15) is 10.4 Å². The van der Waals surface area contributed by atoms with Gasteiger partial charge in [0, 0.05) is 26.6 Å². The number of hydrogen-bond donors (Lipinski definition) is 1. The van der Waals surface area contributed by atoms with E-state index in [2.05, 4.69) is 0 Å². The molecule has 19 heavy (non-hydrogen) atoms. The third kappa shape index (κ3) is 4.74. The maximum absolute atomic E-state index is 10.4. The summed E-state index contributed by atoms with van der Waals surface area (Å²) in [6, 6.07) is 9.74. The van der Waals surface area contributed by atoms with Gasteiger partial charge in [-0.05, 0) is 41.3 Å². The van der Waals surface area contributed by atoms with Crippen LogP contribution in [0.4, 0.5) is 0 Å². The van der Waals surface area contributed by atoms with Gasteiger partial charge in [-0.3, -0.25) is 0 Å². The van der Waals surface area contributed by atoms with Crippen LogP contribution >= 0.6 is 34.7 Å². The molecule has 2 rings (SSSR count). The van der Waals surface area contributed by atoms with Crippen molar-refractivity contribution in [1.29, 1.82) is 0 Å². The average molecular weight is 311 g/mol. The lowest BCUT2D eigenvalue weighted by Gasteiger charge is -1.99. The molecule has 0 saturated carbocycles. The summed E-state index contributed by atoms with van der Waals surface area (Å²) >= 11 is 9.26. The number of hydrogen-bond acceptors (Lipinski definition) is 3. The van der Waals surface area contributed by atoms with Crippen LogP contribution in [0.15, 0.2) is 46.7 Å². The highest BCUT2D eigenvalue weighted by Gasteiger charge is 2.01. The molecular formula is C14H11ClO2S2. The van der Waals surface area contributed by atoms with Gasteiger partial charge in [0.15, 0.2) is 0 Å². The molecule has 0 aliphatic carbocycles. The van der Waals surface area contributed by atoms with Gasteiger partial charge in [-0.2, -0.15) is 0 Å². The van der Waals surface area contributed by atoms with Crippen LogP contribution < -0.4 is 0 Å². The number of benzene rings is 1. The molecule has 1 aromatic heterocycles. The smallest absolute Gasteiger partial charge is 0.328 e. The first kappa shape index (κ1) is 14.2. The topological polar surface area (TPSA) is 37.3 Å². The highest BCUT2D eigenvalue weighted by atomic mass is 35.5. The monoisotopic (exact) mass is 310 g/mol. The van der Waals surface area contributed by atoms with E-state index in [1.807, 2.05) is 35.7 Å². The predicted octanol–water partition coefficient (Wildman–Crippen LogP) is 4.79. The second-order valence-electron chi connectivity index (χ2n) is 3.76. The van der Waals surface area contributed by atoms with Gasteiger partial charge in [-0.1, -0.05) is 17.7 Å². The summed E-state index contributed by atoms with van der Waals surface area (Å²) < 4.78 is 0. The van der Waals surface area contributed by atoms with E-state index >= 15 is 0 Å². The highest BCUT2D eigenvalue weighted by Crippen LogP contribution is 2.28. The number of halogens is 1. The molecule has 1 N–H and O–H groups in total. The molecule has 5 heteroatoms. The number of aliphatic carboxylic acids is 1. The molecule has 98 valence electrons. The van der Waals surface area contributed by atoms with Crippen LogP contribution in [0.5, 0.6) is 0 Å². The standard InChI is InChI=1S/C14H11ClO2S2/c15-11-2-1-3-12(7-11)19-9-13-6-10(8-18-13)4-5-14(16)17/h1-8H,9H2,(H,16,17)/b5-4+. The fraction of sp³-hybridized carbons (Fsp3) is 0.0714. The van der Waals surface area contributed by atoms with Crippen molar-refractivity contribution < 1.29 is 9.90 Å². The molecule has 0 bridgehead atoms. The lowest BCUT2D eigenvalue weighted by atomic mass is 10.3. The van der Waals surface area contributed by atoms with E-state index in [1.165, 1.54) is 4.88 Å². The van der Waals surface area contributed by atoms with Crippen molar-refractivity contribution in [2.75, 3.05) is 0 Å².